The van der Waals surface area contributed by atoms with E-state index in [0.717, 1.165) is 24.1 Å². The van der Waals surface area contributed by atoms with Crippen LogP contribution in [-0.2, 0) is 22.4 Å². The van der Waals surface area contributed by atoms with E-state index in [4.69, 9.17) is 9.84 Å². The highest BCUT2D eigenvalue weighted by molar-refractivity contribution is 5.94. The molecule has 1 fully saturated rings. The maximum Gasteiger partial charge on any atom is 0.334 e. The Labute approximate surface area is 149 Å². The van der Waals surface area contributed by atoms with Crippen molar-refractivity contribution in [2.45, 2.75) is 25.4 Å². The number of carbonyl (C=O) groups is 2. The summed E-state index contributed by atoms with van der Waals surface area (Å²) in [7, 11) is 0. The number of hydrogen-bond acceptors (Lipinski definition) is 4. The number of ether oxygens (including phenoxy) is 1. The molecule has 1 atom stereocenters. The van der Waals surface area contributed by atoms with E-state index in [1.54, 1.807) is 18.2 Å². The van der Waals surface area contributed by atoms with Gasteiger partial charge in [-0.15, -0.1) is 0 Å². The Morgan fingerprint density at radius 3 is 2.85 bits per heavy atom. The third-order valence-electron chi connectivity index (χ3n) is 4.84. The van der Waals surface area contributed by atoms with Gasteiger partial charge in [0, 0.05) is 17.8 Å². The van der Waals surface area contributed by atoms with E-state index >= 15 is 0 Å². The Bertz CT molecular complexity index is 879. The topological polar surface area (TPSA) is 84.7 Å². The predicted molar refractivity (Wildman–Crippen MR) is 88.8 cm³/mol. The first-order valence-electron chi connectivity index (χ1n) is 8.55. The number of benzene rings is 1. The largest absolute Gasteiger partial charge is 0.479 e. The van der Waals surface area contributed by atoms with E-state index in [9.17, 15) is 14.0 Å². The highest BCUT2D eigenvalue weighted by atomic mass is 19.1. The molecule has 2 aromatic rings. The predicted octanol–water partition coefficient (Wildman–Crippen LogP) is 1.43. The van der Waals surface area contributed by atoms with Crippen LogP contribution in [0.2, 0.25) is 0 Å². The zero-order chi connectivity index (χ0) is 18.3. The fourth-order valence-electron chi connectivity index (χ4n) is 3.56. The van der Waals surface area contributed by atoms with Gasteiger partial charge in [0.15, 0.2) is 11.8 Å². The number of halogens is 1. The van der Waals surface area contributed by atoms with Crippen LogP contribution in [0.1, 0.15) is 28.2 Å². The minimum Gasteiger partial charge on any atom is -0.479 e. The third-order valence-corrected chi connectivity index (χ3v) is 4.84. The number of fused-ring (bicyclic) bond motifs is 1. The molecule has 8 heteroatoms. The van der Waals surface area contributed by atoms with Gasteiger partial charge in [-0.25, -0.2) is 13.9 Å². The summed E-state index contributed by atoms with van der Waals surface area (Å²) in [6, 6.07) is 6.32. The molecule has 1 N–H and O–H groups in total. The summed E-state index contributed by atoms with van der Waals surface area (Å²) < 4.78 is 20.9. The summed E-state index contributed by atoms with van der Waals surface area (Å²) in [5.41, 5.74) is 2.28. The number of carboxylic acid groups (broad SMARTS) is 1. The molecule has 136 valence electrons. The van der Waals surface area contributed by atoms with E-state index in [1.165, 1.54) is 15.6 Å². The molecule has 1 aromatic heterocycles. The van der Waals surface area contributed by atoms with Crippen LogP contribution in [0.3, 0.4) is 0 Å². The second kappa shape index (κ2) is 6.53. The van der Waals surface area contributed by atoms with Gasteiger partial charge in [0.1, 0.15) is 11.5 Å². The average Bonchev–Trinajstić information content (AvgIpc) is 3.24. The van der Waals surface area contributed by atoms with Crippen molar-refractivity contribution >= 4 is 11.9 Å². The van der Waals surface area contributed by atoms with Gasteiger partial charge < -0.3 is 14.7 Å². The lowest BCUT2D eigenvalue weighted by Crippen LogP contribution is -2.48. The average molecular weight is 359 g/mol. The first-order chi connectivity index (χ1) is 12.6. The van der Waals surface area contributed by atoms with Crippen LogP contribution in [-0.4, -0.2) is 57.5 Å². The van der Waals surface area contributed by atoms with Crippen molar-refractivity contribution in [1.82, 2.24) is 14.7 Å². The van der Waals surface area contributed by atoms with Gasteiger partial charge in [0.25, 0.3) is 5.91 Å². The third kappa shape index (κ3) is 2.76. The zero-order valence-electron chi connectivity index (χ0n) is 14.0. The van der Waals surface area contributed by atoms with Crippen molar-refractivity contribution in [3.8, 4) is 5.69 Å². The van der Waals surface area contributed by atoms with Crippen molar-refractivity contribution in [3.05, 3.63) is 47.0 Å². The fourth-order valence-corrected chi connectivity index (χ4v) is 3.56. The Hall–Kier alpha value is -2.74. The zero-order valence-corrected chi connectivity index (χ0v) is 14.0. The van der Waals surface area contributed by atoms with Crippen molar-refractivity contribution < 1.29 is 23.8 Å². The lowest BCUT2D eigenvalue weighted by molar-refractivity contribution is -0.154. The summed E-state index contributed by atoms with van der Waals surface area (Å²) in [4.78, 5) is 25.6. The molecule has 0 saturated carbocycles. The fraction of sp³-hybridized carbons (Fsp3) is 0.389. The number of nitrogens with zero attached hydrogens (tertiary/aromatic N) is 3. The van der Waals surface area contributed by atoms with Crippen molar-refractivity contribution in [2.24, 2.45) is 0 Å². The van der Waals surface area contributed by atoms with Gasteiger partial charge >= 0.3 is 5.97 Å². The van der Waals surface area contributed by atoms with Gasteiger partial charge in [-0.1, -0.05) is 12.1 Å². The van der Waals surface area contributed by atoms with E-state index in [1.807, 2.05) is 0 Å². The minimum atomic E-state index is -1.09. The van der Waals surface area contributed by atoms with Gasteiger partial charge in [-0.2, -0.15) is 5.10 Å². The van der Waals surface area contributed by atoms with E-state index in [-0.39, 0.29) is 24.8 Å². The number of hydrogen-bond donors (Lipinski definition) is 1. The van der Waals surface area contributed by atoms with E-state index in [0.29, 0.717) is 18.7 Å². The molecule has 1 aliphatic carbocycles. The number of aliphatic carboxylic acids is 1. The number of aromatic nitrogens is 2. The molecule has 26 heavy (non-hydrogen) atoms. The summed E-state index contributed by atoms with van der Waals surface area (Å²) >= 11 is 0. The molecule has 7 nitrogen and oxygen atoms in total. The molecule has 2 heterocycles. The first kappa shape index (κ1) is 16.7. The number of morpholine rings is 1. The second-order valence-corrected chi connectivity index (χ2v) is 6.44. The van der Waals surface area contributed by atoms with Crippen LogP contribution >= 0.6 is 0 Å². The van der Waals surface area contributed by atoms with Crippen molar-refractivity contribution in [2.75, 3.05) is 19.7 Å². The Balaban J connectivity index is 1.69. The first-order valence-corrected chi connectivity index (χ1v) is 8.55. The second-order valence-electron chi connectivity index (χ2n) is 6.44. The Kier molecular flexibility index (Phi) is 4.20. The summed E-state index contributed by atoms with van der Waals surface area (Å²) in [6.45, 7) is 0.457. The van der Waals surface area contributed by atoms with Crippen LogP contribution in [0.4, 0.5) is 4.39 Å². The van der Waals surface area contributed by atoms with Gasteiger partial charge in [0.05, 0.1) is 13.2 Å². The molecule has 1 unspecified atom stereocenters. The SMILES string of the molecule is O=C(O)C1CN(C(=O)c2nn(-c3ccccc3F)c3c2CCC3)CCO1. The monoisotopic (exact) mass is 359 g/mol. The maximum atomic E-state index is 14.2. The Morgan fingerprint density at radius 1 is 1.27 bits per heavy atom. The molecule has 0 spiro atoms. The van der Waals surface area contributed by atoms with Crippen LogP contribution < -0.4 is 0 Å². The van der Waals surface area contributed by atoms with Gasteiger partial charge in [0.2, 0.25) is 0 Å². The van der Waals surface area contributed by atoms with Crippen LogP contribution in [0.25, 0.3) is 5.69 Å². The summed E-state index contributed by atoms with van der Waals surface area (Å²) in [5, 5.41) is 13.5. The normalized spacial score (nSPS) is 19.4. The van der Waals surface area contributed by atoms with E-state index < -0.39 is 17.9 Å². The smallest absolute Gasteiger partial charge is 0.334 e. The van der Waals surface area contributed by atoms with Gasteiger partial charge in [-0.3, -0.25) is 4.79 Å². The molecule has 0 bridgehead atoms. The summed E-state index contributed by atoms with van der Waals surface area (Å²) in [5.74, 6) is -1.82. The standard InChI is InChI=1S/C18H18FN3O4/c19-12-5-1-2-6-14(12)22-13-7-3-4-11(13)16(20-22)17(23)21-8-9-26-15(10-21)18(24)25/h1-2,5-6,15H,3-4,7-10H2,(H,24,25). The maximum absolute atomic E-state index is 14.2. The molecule has 0 radical (unpaired) electrons. The number of rotatable bonds is 3. The highest BCUT2D eigenvalue weighted by Crippen LogP contribution is 2.29. The van der Waals surface area contributed by atoms with Crippen LogP contribution in [0.15, 0.2) is 24.3 Å². The molecule has 1 aliphatic heterocycles. The summed E-state index contributed by atoms with van der Waals surface area (Å²) in [6.07, 6.45) is 1.28. The number of carboxylic acids is 1. The molecular weight excluding hydrogens is 341 g/mol. The lowest BCUT2D eigenvalue weighted by Gasteiger charge is -2.30. The quantitative estimate of drug-likeness (QED) is 0.896. The van der Waals surface area contributed by atoms with Crippen molar-refractivity contribution in [3.63, 3.8) is 0 Å². The van der Waals surface area contributed by atoms with Gasteiger partial charge in [-0.05, 0) is 31.4 Å². The van der Waals surface area contributed by atoms with E-state index in [2.05, 4.69) is 5.10 Å². The minimum absolute atomic E-state index is 0.0184. The lowest BCUT2D eigenvalue weighted by atomic mass is 10.1. The molecular formula is C18H18FN3O4. The number of carbonyl (C=O) groups excluding carboxylic acids is 1. The molecule has 1 aromatic carbocycles. The Morgan fingerprint density at radius 2 is 2.08 bits per heavy atom. The molecule has 4 rings (SSSR count). The van der Waals surface area contributed by atoms with Crippen LogP contribution in [0, 0.1) is 5.82 Å². The number of para-hydroxylation sites is 1. The molecule has 1 saturated heterocycles. The number of amides is 1. The molecule has 1 amide bonds. The van der Waals surface area contributed by atoms with Crippen molar-refractivity contribution in [1.29, 1.82) is 0 Å². The van der Waals surface area contributed by atoms with Crippen LogP contribution in [0.5, 0.6) is 0 Å². The highest BCUT2D eigenvalue weighted by Gasteiger charge is 2.34. The molecule has 2 aliphatic rings.